The highest BCUT2D eigenvalue weighted by Gasteiger charge is 2.06. The van der Waals surface area contributed by atoms with Crippen molar-refractivity contribution >= 4 is 28.9 Å². The highest BCUT2D eigenvalue weighted by Crippen LogP contribution is 2.24. The first-order chi connectivity index (χ1) is 10.0. The van der Waals surface area contributed by atoms with Crippen molar-refractivity contribution in [3.05, 3.63) is 53.1 Å². The SMILES string of the molecule is Cc1cccc(OCCC(=O)Nc2cc(N)ccc2Cl)c1. The lowest BCUT2D eigenvalue weighted by Gasteiger charge is -2.09. The lowest BCUT2D eigenvalue weighted by Crippen LogP contribution is -2.15. The van der Waals surface area contributed by atoms with Gasteiger partial charge in [0.15, 0.2) is 0 Å². The molecular formula is C16H17ClN2O2. The Labute approximate surface area is 128 Å². The van der Waals surface area contributed by atoms with Crippen molar-refractivity contribution in [3.63, 3.8) is 0 Å². The van der Waals surface area contributed by atoms with Gasteiger partial charge in [-0.15, -0.1) is 0 Å². The number of nitrogens with two attached hydrogens (primary N) is 1. The van der Waals surface area contributed by atoms with E-state index in [1.165, 1.54) is 0 Å². The van der Waals surface area contributed by atoms with Crippen LogP contribution in [0.4, 0.5) is 11.4 Å². The summed E-state index contributed by atoms with van der Waals surface area (Å²) in [5.74, 6) is 0.583. The molecule has 4 nitrogen and oxygen atoms in total. The van der Waals surface area contributed by atoms with Gasteiger partial charge < -0.3 is 15.8 Å². The van der Waals surface area contributed by atoms with Crippen molar-refractivity contribution in [1.82, 2.24) is 0 Å². The third kappa shape index (κ3) is 4.68. The zero-order chi connectivity index (χ0) is 15.2. The van der Waals surface area contributed by atoms with Gasteiger partial charge in [0.25, 0.3) is 0 Å². The zero-order valence-electron chi connectivity index (χ0n) is 11.7. The Morgan fingerprint density at radius 2 is 2.10 bits per heavy atom. The van der Waals surface area contributed by atoms with Crippen LogP contribution in [0.3, 0.4) is 0 Å². The topological polar surface area (TPSA) is 64.3 Å². The number of hydrogen-bond acceptors (Lipinski definition) is 3. The maximum Gasteiger partial charge on any atom is 0.227 e. The first-order valence-electron chi connectivity index (χ1n) is 6.59. The number of ether oxygens (including phenoxy) is 1. The third-order valence-corrected chi connectivity index (χ3v) is 3.18. The maximum absolute atomic E-state index is 11.8. The number of nitrogen functional groups attached to an aromatic ring is 1. The predicted octanol–water partition coefficient (Wildman–Crippen LogP) is 3.64. The molecule has 21 heavy (non-hydrogen) atoms. The Kier molecular flexibility index (Phi) is 5.06. The summed E-state index contributed by atoms with van der Waals surface area (Å²) in [6.45, 7) is 2.29. The van der Waals surface area contributed by atoms with Gasteiger partial charge in [-0.25, -0.2) is 0 Å². The Balaban J connectivity index is 1.84. The molecule has 0 aliphatic heterocycles. The summed E-state index contributed by atoms with van der Waals surface area (Å²) in [4.78, 5) is 11.8. The molecule has 2 aromatic carbocycles. The molecular weight excluding hydrogens is 288 g/mol. The van der Waals surface area contributed by atoms with Gasteiger partial charge in [0.05, 0.1) is 23.7 Å². The van der Waals surface area contributed by atoms with Crippen molar-refractivity contribution in [3.8, 4) is 5.75 Å². The highest BCUT2D eigenvalue weighted by molar-refractivity contribution is 6.33. The smallest absolute Gasteiger partial charge is 0.227 e. The summed E-state index contributed by atoms with van der Waals surface area (Å²) < 4.78 is 5.53. The highest BCUT2D eigenvalue weighted by atomic mass is 35.5. The van der Waals surface area contributed by atoms with Gasteiger partial charge in [-0.05, 0) is 42.8 Å². The summed E-state index contributed by atoms with van der Waals surface area (Å²) in [5, 5.41) is 3.17. The normalized spacial score (nSPS) is 10.2. The fourth-order valence-corrected chi connectivity index (χ4v) is 1.98. The fraction of sp³-hybridized carbons (Fsp3) is 0.188. The van der Waals surface area contributed by atoms with Crippen LogP contribution >= 0.6 is 11.6 Å². The van der Waals surface area contributed by atoms with Gasteiger partial charge in [-0.1, -0.05) is 23.7 Å². The van der Waals surface area contributed by atoms with Crippen molar-refractivity contribution in [2.24, 2.45) is 0 Å². The molecule has 0 unspecified atom stereocenters. The Hall–Kier alpha value is -2.20. The monoisotopic (exact) mass is 304 g/mol. The molecule has 3 N–H and O–H groups in total. The standard InChI is InChI=1S/C16H17ClN2O2/c1-11-3-2-4-13(9-11)21-8-7-16(20)19-15-10-12(18)5-6-14(15)17/h2-6,9-10H,7-8,18H2,1H3,(H,19,20). The molecule has 0 atom stereocenters. The minimum absolute atomic E-state index is 0.171. The van der Waals surface area contributed by atoms with E-state index in [2.05, 4.69) is 5.32 Å². The van der Waals surface area contributed by atoms with Crippen molar-refractivity contribution in [2.45, 2.75) is 13.3 Å². The van der Waals surface area contributed by atoms with Crippen molar-refractivity contribution in [2.75, 3.05) is 17.7 Å². The summed E-state index contributed by atoms with van der Waals surface area (Å²) in [7, 11) is 0. The van der Waals surface area contributed by atoms with E-state index in [0.717, 1.165) is 11.3 Å². The molecule has 0 fully saturated rings. The molecule has 0 aliphatic carbocycles. The average molecular weight is 305 g/mol. The summed E-state index contributed by atoms with van der Waals surface area (Å²) in [5.41, 5.74) is 7.83. The summed E-state index contributed by atoms with van der Waals surface area (Å²) >= 11 is 5.99. The molecule has 5 heteroatoms. The molecule has 0 saturated carbocycles. The molecule has 0 aliphatic rings. The van der Waals surface area contributed by atoms with Gasteiger partial charge in [-0.3, -0.25) is 4.79 Å². The number of amides is 1. The fourth-order valence-electron chi connectivity index (χ4n) is 1.82. The second kappa shape index (κ2) is 6.99. The molecule has 0 spiro atoms. The minimum atomic E-state index is -0.171. The van der Waals surface area contributed by atoms with E-state index in [4.69, 9.17) is 22.1 Å². The van der Waals surface area contributed by atoms with Crippen molar-refractivity contribution in [1.29, 1.82) is 0 Å². The molecule has 0 bridgehead atoms. The van der Waals surface area contributed by atoms with E-state index < -0.39 is 0 Å². The van der Waals surface area contributed by atoms with Crippen LogP contribution in [0.15, 0.2) is 42.5 Å². The van der Waals surface area contributed by atoms with Crippen molar-refractivity contribution < 1.29 is 9.53 Å². The number of nitrogens with one attached hydrogen (secondary N) is 1. The van der Waals surface area contributed by atoms with Gasteiger partial charge in [0.1, 0.15) is 5.75 Å². The number of hydrogen-bond donors (Lipinski definition) is 2. The van der Waals surface area contributed by atoms with Crippen LogP contribution < -0.4 is 15.8 Å². The van der Waals surface area contributed by atoms with Crippen LogP contribution in [0.5, 0.6) is 5.75 Å². The molecule has 0 heterocycles. The van der Waals surface area contributed by atoms with E-state index in [1.54, 1.807) is 18.2 Å². The number of benzene rings is 2. The molecule has 1 amide bonds. The molecule has 0 aromatic heterocycles. The summed E-state index contributed by atoms with van der Waals surface area (Å²) in [6, 6.07) is 12.6. The van der Waals surface area contributed by atoms with E-state index >= 15 is 0 Å². The Bertz CT molecular complexity index is 644. The largest absolute Gasteiger partial charge is 0.493 e. The quantitative estimate of drug-likeness (QED) is 0.829. The second-order valence-electron chi connectivity index (χ2n) is 4.70. The number of halogens is 1. The summed E-state index contributed by atoms with van der Waals surface area (Å²) in [6.07, 6.45) is 0.235. The van der Waals surface area contributed by atoms with Crippen LogP contribution in [0, 0.1) is 6.92 Å². The van der Waals surface area contributed by atoms with Crippen LogP contribution in [0.25, 0.3) is 0 Å². The van der Waals surface area contributed by atoms with Gasteiger partial charge >= 0.3 is 0 Å². The van der Waals surface area contributed by atoms with E-state index in [-0.39, 0.29) is 12.3 Å². The number of carbonyl (C=O) groups excluding carboxylic acids is 1. The average Bonchev–Trinajstić information content (AvgIpc) is 2.43. The van der Waals surface area contributed by atoms with Gasteiger partial charge in [0.2, 0.25) is 5.91 Å². The molecule has 2 aromatic rings. The zero-order valence-corrected chi connectivity index (χ0v) is 12.5. The lowest BCUT2D eigenvalue weighted by atomic mass is 10.2. The first kappa shape index (κ1) is 15.2. The molecule has 0 radical (unpaired) electrons. The Morgan fingerprint density at radius 1 is 1.29 bits per heavy atom. The predicted molar refractivity (Wildman–Crippen MR) is 85.8 cm³/mol. The van der Waals surface area contributed by atoms with Crippen LogP contribution in [-0.2, 0) is 4.79 Å². The molecule has 0 saturated heterocycles. The van der Waals surface area contributed by atoms with E-state index in [1.807, 2.05) is 31.2 Å². The molecule has 110 valence electrons. The number of anilines is 2. The number of carbonyl (C=O) groups is 1. The number of aryl methyl sites for hydroxylation is 1. The first-order valence-corrected chi connectivity index (χ1v) is 6.97. The second-order valence-corrected chi connectivity index (χ2v) is 5.11. The van der Waals surface area contributed by atoms with E-state index in [0.29, 0.717) is 23.0 Å². The maximum atomic E-state index is 11.8. The van der Waals surface area contributed by atoms with Crippen LogP contribution in [-0.4, -0.2) is 12.5 Å². The van der Waals surface area contributed by atoms with Crippen LogP contribution in [0.2, 0.25) is 5.02 Å². The minimum Gasteiger partial charge on any atom is -0.493 e. The van der Waals surface area contributed by atoms with E-state index in [9.17, 15) is 4.79 Å². The lowest BCUT2D eigenvalue weighted by molar-refractivity contribution is -0.116. The van der Waals surface area contributed by atoms with Crippen LogP contribution in [0.1, 0.15) is 12.0 Å². The van der Waals surface area contributed by atoms with Gasteiger partial charge in [-0.2, -0.15) is 0 Å². The molecule has 2 rings (SSSR count). The number of rotatable bonds is 5. The Morgan fingerprint density at radius 3 is 2.86 bits per heavy atom. The van der Waals surface area contributed by atoms with Gasteiger partial charge in [0, 0.05) is 5.69 Å². The third-order valence-electron chi connectivity index (χ3n) is 2.85.